The lowest BCUT2D eigenvalue weighted by molar-refractivity contribution is 0.275. The molecule has 1 N–H and O–H groups in total. The summed E-state index contributed by atoms with van der Waals surface area (Å²) in [6, 6.07) is 7.55. The Morgan fingerprint density at radius 3 is 3.00 bits per heavy atom. The second-order valence-corrected chi connectivity index (χ2v) is 4.50. The van der Waals surface area contributed by atoms with Gasteiger partial charge in [-0.25, -0.2) is 0 Å². The normalized spacial score (nSPS) is 17.4. The lowest BCUT2D eigenvalue weighted by Crippen LogP contribution is -2.27. The Hall–Kier alpha value is -2.03. The van der Waals surface area contributed by atoms with Gasteiger partial charge in [0.05, 0.1) is 12.2 Å². The molecule has 94 valence electrons. The fourth-order valence-electron chi connectivity index (χ4n) is 2.25. The molecule has 1 aromatic rings. The summed E-state index contributed by atoms with van der Waals surface area (Å²) >= 11 is 0. The topological polar surface area (TPSA) is 62.5 Å². The molecule has 2 aliphatic rings. The number of fused-ring (bicyclic) bond motifs is 1. The summed E-state index contributed by atoms with van der Waals surface area (Å²) in [6.45, 7) is 0.383. The molecule has 1 heterocycles. The number of hydrogen-bond acceptors (Lipinski definition) is 4. The van der Waals surface area contributed by atoms with Crippen molar-refractivity contribution in [3.05, 3.63) is 47.2 Å². The van der Waals surface area contributed by atoms with Gasteiger partial charge in [-0.15, -0.1) is 0 Å². The van der Waals surface area contributed by atoms with E-state index in [-0.39, 0.29) is 0 Å². The number of nitriles is 1. The molecule has 0 spiro atoms. The van der Waals surface area contributed by atoms with Gasteiger partial charge in [0.15, 0.2) is 0 Å². The molecule has 1 aliphatic heterocycles. The van der Waals surface area contributed by atoms with E-state index in [1.54, 1.807) is 12.1 Å². The minimum Gasteiger partial charge on any atom is -0.456 e. The highest BCUT2D eigenvalue weighted by atomic mass is 16.5. The Balaban J connectivity index is 1.83. The summed E-state index contributed by atoms with van der Waals surface area (Å²) in [7, 11) is -0.840. The van der Waals surface area contributed by atoms with E-state index in [0.29, 0.717) is 23.7 Å². The number of rotatable bonds is 2. The van der Waals surface area contributed by atoms with Crippen LogP contribution in [-0.4, -0.2) is 12.1 Å². The summed E-state index contributed by atoms with van der Waals surface area (Å²) in [5.41, 5.74) is 2.27. The summed E-state index contributed by atoms with van der Waals surface area (Å²) in [5, 5.41) is 18.6. The quantitative estimate of drug-likeness (QED) is 0.809. The Morgan fingerprint density at radius 1 is 1.32 bits per heavy atom. The molecule has 1 aromatic carbocycles. The van der Waals surface area contributed by atoms with Gasteiger partial charge < -0.3 is 14.4 Å². The zero-order valence-electron chi connectivity index (χ0n) is 10.3. The van der Waals surface area contributed by atoms with Gasteiger partial charge in [0.2, 0.25) is 0 Å². The first-order valence-corrected chi connectivity index (χ1v) is 6.19. The van der Waals surface area contributed by atoms with Crippen molar-refractivity contribution >= 4 is 12.6 Å². The highest BCUT2D eigenvalue weighted by Crippen LogP contribution is 2.24. The zero-order chi connectivity index (χ0) is 13.2. The standard InChI is InChI=1S/C14H12BNO3/c16-8-10-3-1-2-4-14(10)19-12-5-6-13-11(7-12)9-18-15(13)17/h3-7,17H,1-2,9H2. The fourth-order valence-corrected chi connectivity index (χ4v) is 2.25. The molecule has 4 nitrogen and oxygen atoms in total. The van der Waals surface area contributed by atoms with E-state index in [9.17, 15) is 5.02 Å². The van der Waals surface area contributed by atoms with Gasteiger partial charge in [-0.1, -0.05) is 12.1 Å². The van der Waals surface area contributed by atoms with Gasteiger partial charge in [0.1, 0.15) is 17.6 Å². The van der Waals surface area contributed by atoms with Crippen LogP contribution in [0.1, 0.15) is 18.4 Å². The second kappa shape index (κ2) is 4.92. The lowest BCUT2D eigenvalue weighted by atomic mass is 9.79. The third kappa shape index (κ3) is 2.28. The number of nitrogens with zero attached hydrogens (tertiary/aromatic N) is 1. The number of allylic oxidation sites excluding steroid dienone is 3. The zero-order valence-corrected chi connectivity index (χ0v) is 10.3. The van der Waals surface area contributed by atoms with E-state index < -0.39 is 7.12 Å². The maximum atomic E-state index is 9.55. The smallest absolute Gasteiger partial charge is 0.456 e. The van der Waals surface area contributed by atoms with Crippen molar-refractivity contribution in [2.24, 2.45) is 0 Å². The van der Waals surface area contributed by atoms with E-state index in [4.69, 9.17) is 14.7 Å². The Kier molecular flexibility index (Phi) is 3.12. The van der Waals surface area contributed by atoms with Gasteiger partial charge in [0, 0.05) is 0 Å². The van der Waals surface area contributed by atoms with Crippen LogP contribution in [0.5, 0.6) is 5.75 Å². The summed E-state index contributed by atoms with van der Waals surface area (Å²) in [6.07, 6.45) is 5.57. The summed E-state index contributed by atoms with van der Waals surface area (Å²) < 4.78 is 10.9. The van der Waals surface area contributed by atoms with Crippen molar-refractivity contribution in [1.29, 1.82) is 5.26 Å². The molecule has 0 saturated heterocycles. The van der Waals surface area contributed by atoms with E-state index in [0.717, 1.165) is 23.9 Å². The number of ether oxygens (including phenoxy) is 1. The highest BCUT2D eigenvalue weighted by molar-refractivity contribution is 6.61. The summed E-state index contributed by atoms with van der Waals surface area (Å²) in [5.74, 6) is 1.26. The van der Waals surface area contributed by atoms with Crippen LogP contribution in [-0.2, 0) is 11.3 Å². The minimum absolute atomic E-state index is 0.383. The van der Waals surface area contributed by atoms with E-state index in [1.165, 1.54) is 0 Å². The first kappa shape index (κ1) is 12.0. The molecule has 0 bridgehead atoms. The predicted octanol–water partition coefficient (Wildman–Crippen LogP) is 1.41. The molecule has 0 unspecified atom stereocenters. The Labute approximate surface area is 111 Å². The van der Waals surface area contributed by atoms with E-state index in [2.05, 4.69) is 6.07 Å². The SMILES string of the molecule is N#CC1=CCCC=C1Oc1ccc2c(c1)COB2O. The molecule has 5 heteroatoms. The van der Waals surface area contributed by atoms with Gasteiger partial charge >= 0.3 is 7.12 Å². The lowest BCUT2D eigenvalue weighted by Gasteiger charge is -2.13. The molecule has 0 atom stereocenters. The van der Waals surface area contributed by atoms with Crippen molar-refractivity contribution in [3.8, 4) is 11.8 Å². The molecule has 3 rings (SSSR count). The maximum absolute atomic E-state index is 9.55. The van der Waals surface area contributed by atoms with Crippen molar-refractivity contribution in [1.82, 2.24) is 0 Å². The van der Waals surface area contributed by atoms with Crippen molar-refractivity contribution < 1.29 is 14.4 Å². The highest BCUT2D eigenvalue weighted by Gasteiger charge is 2.27. The molecule has 19 heavy (non-hydrogen) atoms. The fraction of sp³-hybridized carbons (Fsp3) is 0.214. The summed E-state index contributed by atoms with van der Waals surface area (Å²) in [4.78, 5) is 0. The van der Waals surface area contributed by atoms with Crippen LogP contribution >= 0.6 is 0 Å². The molecule has 0 saturated carbocycles. The Morgan fingerprint density at radius 2 is 2.16 bits per heavy atom. The first-order valence-electron chi connectivity index (χ1n) is 6.19. The van der Waals surface area contributed by atoms with Crippen LogP contribution in [0.2, 0.25) is 0 Å². The van der Waals surface area contributed by atoms with Crippen LogP contribution in [0, 0.1) is 11.3 Å². The molecule has 1 aliphatic carbocycles. The first-order chi connectivity index (χ1) is 9.28. The minimum atomic E-state index is -0.840. The third-order valence-corrected chi connectivity index (χ3v) is 3.24. The van der Waals surface area contributed by atoms with Crippen LogP contribution in [0.3, 0.4) is 0 Å². The van der Waals surface area contributed by atoms with Crippen LogP contribution in [0.25, 0.3) is 0 Å². The molecule has 0 amide bonds. The van der Waals surface area contributed by atoms with E-state index in [1.807, 2.05) is 18.2 Å². The predicted molar refractivity (Wildman–Crippen MR) is 70.5 cm³/mol. The number of hydrogen-bond donors (Lipinski definition) is 1. The van der Waals surface area contributed by atoms with Gasteiger partial charge in [-0.3, -0.25) is 0 Å². The average Bonchev–Trinajstić information content (AvgIpc) is 2.81. The van der Waals surface area contributed by atoms with Crippen LogP contribution in [0.4, 0.5) is 0 Å². The largest absolute Gasteiger partial charge is 0.491 e. The average molecular weight is 253 g/mol. The van der Waals surface area contributed by atoms with Crippen molar-refractivity contribution in [2.45, 2.75) is 19.4 Å². The second-order valence-electron chi connectivity index (χ2n) is 4.50. The van der Waals surface area contributed by atoms with Crippen LogP contribution < -0.4 is 10.2 Å². The van der Waals surface area contributed by atoms with Crippen molar-refractivity contribution in [3.63, 3.8) is 0 Å². The van der Waals surface area contributed by atoms with Gasteiger partial charge in [-0.05, 0) is 42.1 Å². The monoisotopic (exact) mass is 253 g/mol. The van der Waals surface area contributed by atoms with E-state index >= 15 is 0 Å². The Bertz CT molecular complexity index is 616. The molecular weight excluding hydrogens is 241 g/mol. The molecule has 0 radical (unpaired) electrons. The molecule has 0 aromatic heterocycles. The van der Waals surface area contributed by atoms with Gasteiger partial charge in [-0.2, -0.15) is 5.26 Å². The van der Waals surface area contributed by atoms with Crippen molar-refractivity contribution in [2.75, 3.05) is 0 Å². The van der Waals surface area contributed by atoms with Gasteiger partial charge in [0.25, 0.3) is 0 Å². The molecular formula is C14H12BNO3. The number of benzene rings is 1. The maximum Gasteiger partial charge on any atom is 0.491 e. The van der Waals surface area contributed by atoms with Crippen LogP contribution in [0.15, 0.2) is 41.7 Å². The third-order valence-electron chi connectivity index (χ3n) is 3.24. The molecule has 0 fully saturated rings.